The summed E-state index contributed by atoms with van der Waals surface area (Å²) in [6, 6.07) is 9.60. The number of carbonyl (C=O) groups excluding carboxylic acids is 2. The number of nitriles is 1. The summed E-state index contributed by atoms with van der Waals surface area (Å²) >= 11 is 0. The van der Waals surface area contributed by atoms with Crippen LogP contribution in [-0.4, -0.2) is 35.8 Å². The second kappa shape index (κ2) is 8.55. The average molecular weight is 291 g/mol. The maximum atomic E-state index is 11.7. The van der Waals surface area contributed by atoms with E-state index < -0.39 is 24.1 Å². The van der Waals surface area contributed by atoms with Crippen LogP contribution in [0.1, 0.15) is 12.5 Å². The van der Waals surface area contributed by atoms with Crippen molar-refractivity contribution in [3.63, 3.8) is 0 Å². The molecule has 1 rings (SSSR count). The molecule has 0 radical (unpaired) electrons. The first kappa shape index (κ1) is 16.5. The zero-order valence-electron chi connectivity index (χ0n) is 11.6. The van der Waals surface area contributed by atoms with Gasteiger partial charge in [-0.3, -0.25) is 4.79 Å². The van der Waals surface area contributed by atoms with Crippen molar-refractivity contribution in [3.8, 4) is 6.07 Å². The zero-order chi connectivity index (χ0) is 15.7. The van der Waals surface area contributed by atoms with E-state index in [-0.39, 0.29) is 13.2 Å². The average Bonchev–Trinajstić information content (AvgIpc) is 2.49. The third-order valence-corrected chi connectivity index (χ3v) is 2.59. The van der Waals surface area contributed by atoms with Crippen molar-refractivity contribution in [2.75, 3.05) is 6.54 Å². The van der Waals surface area contributed by atoms with Gasteiger partial charge in [-0.05, 0) is 12.5 Å². The number of hydrogen-bond donors (Lipinski definition) is 3. The van der Waals surface area contributed by atoms with E-state index in [0.29, 0.717) is 0 Å². The minimum Gasteiger partial charge on any atom is -0.445 e. The van der Waals surface area contributed by atoms with Gasteiger partial charge in [0.15, 0.2) is 0 Å². The van der Waals surface area contributed by atoms with Crippen LogP contribution in [0, 0.1) is 11.3 Å². The molecule has 2 atom stereocenters. The molecule has 0 spiro atoms. The van der Waals surface area contributed by atoms with E-state index >= 15 is 0 Å². The zero-order valence-corrected chi connectivity index (χ0v) is 11.6. The number of amides is 2. The Morgan fingerprint density at radius 2 is 2.05 bits per heavy atom. The van der Waals surface area contributed by atoms with E-state index in [1.807, 2.05) is 18.2 Å². The molecule has 0 aliphatic carbocycles. The van der Waals surface area contributed by atoms with Crippen LogP contribution in [0.3, 0.4) is 0 Å². The van der Waals surface area contributed by atoms with Gasteiger partial charge in [-0.25, -0.2) is 4.79 Å². The highest BCUT2D eigenvalue weighted by molar-refractivity contribution is 5.86. The first-order valence-corrected chi connectivity index (χ1v) is 6.34. The molecule has 2 amide bonds. The van der Waals surface area contributed by atoms with E-state index in [2.05, 4.69) is 10.6 Å². The van der Waals surface area contributed by atoms with Crippen LogP contribution in [0.15, 0.2) is 30.3 Å². The molecule has 1 aromatic carbocycles. The highest BCUT2D eigenvalue weighted by Gasteiger charge is 2.25. The van der Waals surface area contributed by atoms with Gasteiger partial charge in [0, 0.05) is 0 Å². The number of ether oxygens (including phenoxy) is 1. The topological polar surface area (TPSA) is 111 Å². The summed E-state index contributed by atoms with van der Waals surface area (Å²) in [6.45, 7) is 1.20. The Morgan fingerprint density at radius 1 is 1.38 bits per heavy atom. The first-order chi connectivity index (χ1) is 10.0. The van der Waals surface area contributed by atoms with Crippen LogP contribution < -0.4 is 10.6 Å². The molecule has 1 aromatic rings. The maximum absolute atomic E-state index is 11.7. The van der Waals surface area contributed by atoms with Crippen molar-refractivity contribution in [1.29, 1.82) is 5.26 Å². The van der Waals surface area contributed by atoms with Gasteiger partial charge in [-0.2, -0.15) is 5.26 Å². The second-order valence-electron chi connectivity index (χ2n) is 4.30. The number of aliphatic hydroxyl groups excluding tert-OH is 1. The third-order valence-electron chi connectivity index (χ3n) is 2.59. The van der Waals surface area contributed by atoms with Gasteiger partial charge in [0.1, 0.15) is 19.2 Å². The van der Waals surface area contributed by atoms with E-state index in [0.717, 1.165) is 5.56 Å². The molecule has 0 heterocycles. The third kappa shape index (κ3) is 5.93. The number of nitrogens with one attached hydrogen (secondary N) is 2. The van der Waals surface area contributed by atoms with Gasteiger partial charge in [0.05, 0.1) is 12.2 Å². The second-order valence-corrected chi connectivity index (χ2v) is 4.30. The number of hydrogen-bond acceptors (Lipinski definition) is 5. The molecule has 0 aliphatic heterocycles. The maximum Gasteiger partial charge on any atom is 0.408 e. The molecular weight excluding hydrogens is 274 g/mol. The highest BCUT2D eigenvalue weighted by Crippen LogP contribution is 2.01. The molecule has 7 heteroatoms. The van der Waals surface area contributed by atoms with Crippen LogP contribution >= 0.6 is 0 Å². The SMILES string of the molecule is C[C@@H](O)[C@H](NC(=O)OCc1ccccc1)C(=O)NCC#N. The fourth-order valence-electron chi connectivity index (χ4n) is 1.53. The molecule has 3 N–H and O–H groups in total. The number of nitrogens with zero attached hydrogens (tertiary/aromatic N) is 1. The molecule has 7 nitrogen and oxygen atoms in total. The predicted octanol–water partition coefficient (Wildman–Crippen LogP) is 0.302. The van der Waals surface area contributed by atoms with E-state index in [4.69, 9.17) is 10.00 Å². The summed E-state index contributed by atoms with van der Waals surface area (Å²) in [5.41, 5.74) is 0.801. The fraction of sp³-hybridized carbons (Fsp3) is 0.357. The lowest BCUT2D eigenvalue weighted by Gasteiger charge is -2.19. The number of carbonyl (C=O) groups is 2. The van der Waals surface area contributed by atoms with Gasteiger partial charge < -0.3 is 20.5 Å². The summed E-state index contributed by atoms with van der Waals surface area (Å²) in [7, 11) is 0. The molecule has 112 valence electrons. The van der Waals surface area contributed by atoms with E-state index in [9.17, 15) is 14.7 Å². The van der Waals surface area contributed by atoms with Gasteiger partial charge in [0.2, 0.25) is 5.91 Å². The molecular formula is C14H17N3O4. The van der Waals surface area contributed by atoms with Gasteiger partial charge in [-0.15, -0.1) is 0 Å². The van der Waals surface area contributed by atoms with E-state index in [1.54, 1.807) is 18.2 Å². The number of aliphatic hydroxyl groups is 1. The minimum atomic E-state index is -1.18. The Kier molecular flexibility index (Phi) is 6.71. The predicted molar refractivity (Wildman–Crippen MR) is 73.9 cm³/mol. The van der Waals surface area contributed by atoms with Gasteiger partial charge in [0.25, 0.3) is 0 Å². The van der Waals surface area contributed by atoms with Crippen molar-refractivity contribution < 1.29 is 19.4 Å². The molecule has 21 heavy (non-hydrogen) atoms. The van der Waals surface area contributed by atoms with E-state index in [1.165, 1.54) is 6.92 Å². The van der Waals surface area contributed by atoms with Crippen molar-refractivity contribution in [2.24, 2.45) is 0 Å². The Morgan fingerprint density at radius 3 is 2.62 bits per heavy atom. The first-order valence-electron chi connectivity index (χ1n) is 6.34. The Hall–Kier alpha value is -2.59. The van der Waals surface area contributed by atoms with Crippen LogP contribution in [0.4, 0.5) is 4.79 Å². The quantitative estimate of drug-likeness (QED) is 0.653. The molecule has 0 fully saturated rings. The number of rotatable bonds is 6. The van der Waals surface area contributed by atoms with Crippen LogP contribution in [-0.2, 0) is 16.1 Å². The van der Waals surface area contributed by atoms with Crippen LogP contribution in [0.2, 0.25) is 0 Å². The summed E-state index contributed by atoms with van der Waals surface area (Å²) < 4.78 is 4.96. The Bertz CT molecular complexity index is 511. The molecule has 0 saturated carbocycles. The lowest BCUT2D eigenvalue weighted by molar-refractivity contribution is -0.125. The van der Waals surface area contributed by atoms with Crippen molar-refractivity contribution in [2.45, 2.75) is 25.7 Å². The van der Waals surface area contributed by atoms with Gasteiger partial charge >= 0.3 is 6.09 Å². The standard InChI is InChI=1S/C14H17N3O4/c1-10(18)12(13(19)16-8-7-15)17-14(20)21-9-11-5-3-2-4-6-11/h2-6,10,12,18H,8-9H2,1H3,(H,16,19)(H,17,20)/t10-,12+/m1/s1. The monoisotopic (exact) mass is 291 g/mol. The van der Waals surface area contributed by atoms with Crippen molar-refractivity contribution in [3.05, 3.63) is 35.9 Å². The summed E-state index contributed by atoms with van der Waals surface area (Å²) in [4.78, 5) is 23.3. The summed E-state index contributed by atoms with van der Waals surface area (Å²) in [5.74, 6) is -0.650. The fourth-order valence-corrected chi connectivity index (χ4v) is 1.53. The molecule has 0 bridgehead atoms. The lowest BCUT2D eigenvalue weighted by atomic mass is 10.1. The van der Waals surface area contributed by atoms with Crippen LogP contribution in [0.5, 0.6) is 0 Å². The summed E-state index contributed by atoms with van der Waals surface area (Å²) in [5, 5.41) is 22.4. The molecule has 0 unspecified atom stereocenters. The molecule has 0 aromatic heterocycles. The minimum absolute atomic E-state index is 0.0546. The highest BCUT2D eigenvalue weighted by atomic mass is 16.5. The largest absolute Gasteiger partial charge is 0.445 e. The van der Waals surface area contributed by atoms with Gasteiger partial charge in [-0.1, -0.05) is 30.3 Å². The lowest BCUT2D eigenvalue weighted by Crippen LogP contribution is -2.52. The normalized spacial score (nSPS) is 12.6. The molecule has 0 aliphatic rings. The Labute approximate surface area is 122 Å². The number of alkyl carbamates (subject to hydrolysis) is 1. The molecule has 0 saturated heterocycles. The number of benzene rings is 1. The Balaban J connectivity index is 2.49. The summed E-state index contributed by atoms with van der Waals surface area (Å²) in [6.07, 6.45) is -1.94. The van der Waals surface area contributed by atoms with Crippen LogP contribution in [0.25, 0.3) is 0 Å². The smallest absolute Gasteiger partial charge is 0.408 e. The van der Waals surface area contributed by atoms with Crippen molar-refractivity contribution in [1.82, 2.24) is 10.6 Å². The van der Waals surface area contributed by atoms with Crippen molar-refractivity contribution >= 4 is 12.0 Å².